The van der Waals surface area contributed by atoms with E-state index in [0.29, 0.717) is 5.88 Å². The number of ether oxygens (including phenoxy) is 2. The highest BCUT2D eigenvalue weighted by Crippen LogP contribution is 2.35. The molecule has 0 fully saturated rings. The molecule has 0 aliphatic carbocycles. The molecule has 2 aromatic heterocycles. The zero-order valence-corrected chi connectivity index (χ0v) is 11.3. The summed E-state index contributed by atoms with van der Waals surface area (Å²) in [5, 5.41) is 0. The molecule has 0 spiro atoms. The molecule has 0 saturated carbocycles. The molecule has 0 unspecified atom stereocenters. The average Bonchev–Trinajstić information content (AvgIpc) is 3.11. The topological polar surface area (TPSA) is 35.8 Å². The average molecular weight is 287 g/mol. The van der Waals surface area contributed by atoms with Crippen molar-refractivity contribution < 1.29 is 9.47 Å². The van der Waals surface area contributed by atoms with Gasteiger partial charge in [0.05, 0.1) is 5.69 Å². The van der Waals surface area contributed by atoms with Crippen LogP contribution in [0.3, 0.4) is 0 Å². The van der Waals surface area contributed by atoms with Crippen molar-refractivity contribution in [2.75, 3.05) is 6.79 Å². The summed E-state index contributed by atoms with van der Waals surface area (Å²) in [4.78, 5) is 4.63. The second kappa shape index (κ2) is 4.42. The molecule has 1 aromatic carbocycles. The molecule has 0 N–H and O–H groups in total. The van der Waals surface area contributed by atoms with Crippen molar-refractivity contribution in [1.29, 1.82) is 0 Å². The van der Waals surface area contributed by atoms with Crippen LogP contribution in [0.25, 0.3) is 16.9 Å². The number of fused-ring (bicyclic) bond motifs is 2. The van der Waals surface area contributed by atoms with Crippen molar-refractivity contribution in [3.05, 3.63) is 48.3 Å². The largest absolute Gasteiger partial charge is 0.454 e. The molecule has 0 atom stereocenters. The van der Waals surface area contributed by atoms with Gasteiger partial charge in [-0.2, -0.15) is 0 Å². The van der Waals surface area contributed by atoms with E-state index in [2.05, 4.69) is 4.98 Å². The summed E-state index contributed by atoms with van der Waals surface area (Å²) in [5.74, 6) is 2.03. The number of nitrogens with zero attached hydrogens (tertiary/aromatic N) is 2. The van der Waals surface area contributed by atoms with Crippen LogP contribution in [0.2, 0.25) is 0 Å². The molecule has 5 heteroatoms. The van der Waals surface area contributed by atoms with Crippen molar-refractivity contribution in [2.24, 2.45) is 0 Å². The van der Waals surface area contributed by atoms with Gasteiger partial charge in [-0.3, -0.25) is 0 Å². The Hall–Kier alpha value is -2.20. The fourth-order valence-corrected chi connectivity index (χ4v) is 2.47. The Bertz CT molecular complexity index is 798. The monoisotopic (exact) mass is 286 g/mol. The molecular weight excluding hydrogens is 276 g/mol. The quantitative estimate of drug-likeness (QED) is 0.677. The molecule has 20 heavy (non-hydrogen) atoms. The fraction of sp³-hybridized carbons (Fsp3) is 0.133. The number of hydrogen-bond donors (Lipinski definition) is 0. The number of pyridine rings is 1. The molecule has 0 radical (unpaired) electrons. The van der Waals surface area contributed by atoms with Crippen LogP contribution in [0.5, 0.6) is 11.5 Å². The standard InChI is InChI=1S/C15H11ClN2O2/c16-7-10-3-4-18-8-12(17-15(18)5-10)11-1-2-13-14(6-11)20-9-19-13/h1-6,8H,7,9H2. The number of hydrogen-bond acceptors (Lipinski definition) is 3. The second-order valence-electron chi connectivity index (χ2n) is 4.63. The molecule has 0 amide bonds. The van der Waals surface area contributed by atoms with E-state index in [-0.39, 0.29) is 6.79 Å². The summed E-state index contributed by atoms with van der Waals surface area (Å²) < 4.78 is 12.7. The molecular formula is C15H11ClN2O2. The second-order valence-corrected chi connectivity index (χ2v) is 4.90. The third-order valence-electron chi connectivity index (χ3n) is 3.35. The normalized spacial score (nSPS) is 13.1. The highest BCUT2D eigenvalue weighted by molar-refractivity contribution is 6.17. The van der Waals surface area contributed by atoms with E-state index in [0.717, 1.165) is 34.0 Å². The van der Waals surface area contributed by atoms with E-state index < -0.39 is 0 Å². The van der Waals surface area contributed by atoms with Gasteiger partial charge in [0.25, 0.3) is 0 Å². The molecule has 1 aliphatic rings. The summed E-state index contributed by atoms with van der Waals surface area (Å²) in [5.41, 5.74) is 3.85. The van der Waals surface area contributed by atoms with E-state index in [4.69, 9.17) is 21.1 Å². The van der Waals surface area contributed by atoms with Gasteiger partial charge < -0.3 is 13.9 Å². The third kappa shape index (κ3) is 1.80. The van der Waals surface area contributed by atoms with Gasteiger partial charge in [-0.25, -0.2) is 4.98 Å². The summed E-state index contributed by atoms with van der Waals surface area (Å²) >= 11 is 5.85. The predicted octanol–water partition coefficient (Wildman–Crippen LogP) is 3.47. The van der Waals surface area contributed by atoms with Gasteiger partial charge in [0, 0.05) is 23.8 Å². The minimum Gasteiger partial charge on any atom is -0.454 e. The minimum atomic E-state index is 0.281. The van der Waals surface area contributed by atoms with Crippen LogP contribution in [0.15, 0.2) is 42.7 Å². The number of halogens is 1. The zero-order valence-electron chi connectivity index (χ0n) is 10.5. The Labute approximate surface area is 120 Å². The van der Waals surface area contributed by atoms with Crippen LogP contribution < -0.4 is 9.47 Å². The maximum atomic E-state index is 5.85. The number of aromatic nitrogens is 2. The Morgan fingerprint density at radius 1 is 1.15 bits per heavy atom. The van der Waals surface area contributed by atoms with Crippen molar-refractivity contribution in [3.63, 3.8) is 0 Å². The van der Waals surface area contributed by atoms with Crippen LogP contribution in [-0.4, -0.2) is 16.2 Å². The Balaban J connectivity index is 1.81. The van der Waals surface area contributed by atoms with Crippen molar-refractivity contribution in [3.8, 4) is 22.8 Å². The molecule has 4 nitrogen and oxygen atoms in total. The van der Waals surface area contributed by atoms with E-state index in [1.165, 1.54) is 0 Å². The lowest BCUT2D eigenvalue weighted by Gasteiger charge is -1.98. The first-order chi connectivity index (χ1) is 9.83. The first-order valence-electron chi connectivity index (χ1n) is 6.27. The fourth-order valence-electron chi connectivity index (χ4n) is 2.30. The Morgan fingerprint density at radius 2 is 2.05 bits per heavy atom. The van der Waals surface area contributed by atoms with Gasteiger partial charge in [-0.1, -0.05) is 0 Å². The lowest BCUT2D eigenvalue weighted by atomic mass is 10.1. The maximum Gasteiger partial charge on any atom is 0.231 e. The number of rotatable bonds is 2. The van der Waals surface area contributed by atoms with E-state index in [1.54, 1.807) is 0 Å². The SMILES string of the molecule is ClCc1ccn2cc(-c3ccc4c(c3)OCO4)nc2c1. The van der Waals surface area contributed by atoms with Gasteiger partial charge in [0.2, 0.25) is 6.79 Å². The smallest absolute Gasteiger partial charge is 0.231 e. The molecule has 1 aliphatic heterocycles. The van der Waals surface area contributed by atoms with Gasteiger partial charge in [-0.05, 0) is 35.9 Å². The number of alkyl halides is 1. The van der Waals surface area contributed by atoms with Gasteiger partial charge in [0.1, 0.15) is 5.65 Å². The lowest BCUT2D eigenvalue weighted by Crippen LogP contribution is -1.92. The summed E-state index contributed by atoms with van der Waals surface area (Å²) in [6.07, 6.45) is 3.96. The first-order valence-corrected chi connectivity index (χ1v) is 6.80. The van der Waals surface area contributed by atoms with Gasteiger partial charge in [-0.15, -0.1) is 11.6 Å². The Kier molecular flexibility index (Phi) is 2.57. The minimum absolute atomic E-state index is 0.281. The maximum absolute atomic E-state index is 5.85. The van der Waals surface area contributed by atoms with E-state index >= 15 is 0 Å². The summed E-state index contributed by atoms with van der Waals surface area (Å²) in [6, 6.07) is 9.82. The third-order valence-corrected chi connectivity index (χ3v) is 3.66. The van der Waals surface area contributed by atoms with E-state index in [1.807, 2.05) is 47.1 Å². The van der Waals surface area contributed by atoms with Crippen molar-refractivity contribution >= 4 is 17.2 Å². The highest BCUT2D eigenvalue weighted by Gasteiger charge is 2.15. The highest BCUT2D eigenvalue weighted by atomic mass is 35.5. The van der Waals surface area contributed by atoms with Crippen molar-refractivity contribution in [1.82, 2.24) is 9.38 Å². The zero-order chi connectivity index (χ0) is 13.5. The van der Waals surface area contributed by atoms with Gasteiger partial charge >= 0.3 is 0 Å². The number of imidazole rings is 1. The molecule has 0 bridgehead atoms. The first kappa shape index (κ1) is 11.6. The van der Waals surface area contributed by atoms with Crippen LogP contribution in [0, 0.1) is 0 Å². The van der Waals surface area contributed by atoms with Crippen molar-refractivity contribution in [2.45, 2.75) is 5.88 Å². The molecule has 4 rings (SSSR count). The molecule has 3 aromatic rings. The molecule has 3 heterocycles. The van der Waals surface area contributed by atoms with Crippen LogP contribution >= 0.6 is 11.6 Å². The molecule has 0 saturated heterocycles. The van der Waals surface area contributed by atoms with Crippen LogP contribution in [-0.2, 0) is 5.88 Å². The van der Waals surface area contributed by atoms with Gasteiger partial charge in [0.15, 0.2) is 11.5 Å². The lowest BCUT2D eigenvalue weighted by molar-refractivity contribution is 0.174. The summed E-state index contributed by atoms with van der Waals surface area (Å²) in [7, 11) is 0. The predicted molar refractivity (Wildman–Crippen MR) is 76.3 cm³/mol. The van der Waals surface area contributed by atoms with Crippen LogP contribution in [0.4, 0.5) is 0 Å². The summed E-state index contributed by atoms with van der Waals surface area (Å²) in [6.45, 7) is 0.281. The molecule has 100 valence electrons. The van der Waals surface area contributed by atoms with E-state index in [9.17, 15) is 0 Å². The Morgan fingerprint density at radius 3 is 2.95 bits per heavy atom. The van der Waals surface area contributed by atoms with Crippen LogP contribution in [0.1, 0.15) is 5.56 Å². The number of benzene rings is 1.